The van der Waals surface area contributed by atoms with Crippen LogP contribution in [0.3, 0.4) is 0 Å². The Kier molecular flexibility index (Phi) is 3.29. The summed E-state index contributed by atoms with van der Waals surface area (Å²) in [4.78, 5) is 0. The van der Waals surface area contributed by atoms with Gasteiger partial charge in [-0.3, -0.25) is 0 Å². The minimum atomic E-state index is -0.267. The highest BCUT2D eigenvalue weighted by atomic mass is 79.9. The summed E-state index contributed by atoms with van der Waals surface area (Å²) in [6.45, 7) is 0.848. The molecule has 0 atom stereocenters. The topological polar surface area (TPSA) is 30.5 Å². The van der Waals surface area contributed by atoms with Crippen molar-refractivity contribution in [3.05, 3.63) is 52.3 Å². The highest BCUT2D eigenvalue weighted by Crippen LogP contribution is 2.33. The van der Waals surface area contributed by atoms with Gasteiger partial charge in [0, 0.05) is 11.0 Å². The Labute approximate surface area is 118 Å². The molecule has 5 heteroatoms. The molecule has 0 bridgehead atoms. The van der Waals surface area contributed by atoms with Crippen molar-refractivity contribution in [3.63, 3.8) is 0 Å². The van der Waals surface area contributed by atoms with E-state index in [9.17, 15) is 4.39 Å². The van der Waals surface area contributed by atoms with Gasteiger partial charge in [0.1, 0.15) is 5.82 Å². The van der Waals surface area contributed by atoms with E-state index >= 15 is 0 Å². The first-order valence-electron chi connectivity index (χ1n) is 5.80. The molecule has 98 valence electrons. The van der Waals surface area contributed by atoms with Gasteiger partial charge in [0.2, 0.25) is 6.79 Å². The van der Waals surface area contributed by atoms with Crippen LogP contribution in [0.15, 0.2) is 40.9 Å². The van der Waals surface area contributed by atoms with Crippen LogP contribution in [-0.4, -0.2) is 6.79 Å². The molecule has 3 rings (SSSR count). The summed E-state index contributed by atoms with van der Waals surface area (Å²) in [6.07, 6.45) is 0. The van der Waals surface area contributed by atoms with Crippen molar-refractivity contribution in [3.8, 4) is 11.5 Å². The molecule has 19 heavy (non-hydrogen) atoms. The standard InChI is InChI=1S/C14H11BrFNO2/c15-11-3-2-10(16)6-12(11)17-7-9-1-4-13-14(5-9)19-8-18-13/h1-6,17H,7-8H2. The van der Waals surface area contributed by atoms with E-state index < -0.39 is 0 Å². The lowest BCUT2D eigenvalue weighted by Gasteiger charge is -2.09. The van der Waals surface area contributed by atoms with Gasteiger partial charge >= 0.3 is 0 Å². The van der Waals surface area contributed by atoms with E-state index in [1.165, 1.54) is 12.1 Å². The van der Waals surface area contributed by atoms with Gasteiger partial charge in [0.15, 0.2) is 11.5 Å². The number of anilines is 1. The summed E-state index contributed by atoms with van der Waals surface area (Å²) in [5.41, 5.74) is 1.76. The van der Waals surface area contributed by atoms with Crippen molar-refractivity contribution >= 4 is 21.6 Å². The number of nitrogens with one attached hydrogen (secondary N) is 1. The Hall–Kier alpha value is -1.75. The van der Waals surface area contributed by atoms with Crippen LogP contribution in [0.1, 0.15) is 5.56 Å². The molecular weight excluding hydrogens is 313 g/mol. The molecule has 0 fully saturated rings. The Morgan fingerprint density at radius 3 is 2.84 bits per heavy atom. The zero-order chi connectivity index (χ0) is 13.2. The molecule has 0 aliphatic carbocycles. The van der Waals surface area contributed by atoms with Crippen LogP contribution in [0.4, 0.5) is 10.1 Å². The van der Waals surface area contributed by atoms with Crippen LogP contribution in [0.5, 0.6) is 11.5 Å². The molecule has 0 aromatic heterocycles. The van der Waals surface area contributed by atoms with Gasteiger partial charge in [-0.2, -0.15) is 0 Å². The van der Waals surface area contributed by atoms with E-state index in [0.717, 1.165) is 27.2 Å². The average molecular weight is 324 g/mol. The van der Waals surface area contributed by atoms with Crippen molar-refractivity contribution in [2.24, 2.45) is 0 Å². The van der Waals surface area contributed by atoms with Gasteiger partial charge in [0.25, 0.3) is 0 Å². The smallest absolute Gasteiger partial charge is 0.231 e. The molecule has 0 amide bonds. The zero-order valence-electron chi connectivity index (χ0n) is 9.95. The second kappa shape index (κ2) is 5.09. The molecule has 0 spiro atoms. The summed E-state index contributed by atoms with van der Waals surface area (Å²) in [5, 5.41) is 3.18. The number of rotatable bonds is 3. The van der Waals surface area contributed by atoms with Crippen LogP contribution in [0.2, 0.25) is 0 Å². The summed E-state index contributed by atoms with van der Waals surface area (Å²) in [7, 11) is 0. The molecule has 0 radical (unpaired) electrons. The van der Waals surface area contributed by atoms with E-state index in [0.29, 0.717) is 6.54 Å². The normalized spacial score (nSPS) is 12.5. The van der Waals surface area contributed by atoms with Gasteiger partial charge < -0.3 is 14.8 Å². The third-order valence-electron chi connectivity index (χ3n) is 2.85. The lowest BCUT2D eigenvalue weighted by Crippen LogP contribution is -2.00. The van der Waals surface area contributed by atoms with E-state index in [1.807, 2.05) is 18.2 Å². The fourth-order valence-electron chi connectivity index (χ4n) is 1.88. The molecule has 0 unspecified atom stereocenters. The van der Waals surface area contributed by atoms with Crippen molar-refractivity contribution in [2.45, 2.75) is 6.54 Å². The fraction of sp³-hybridized carbons (Fsp3) is 0.143. The number of fused-ring (bicyclic) bond motifs is 1. The average Bonchev–Trinajstić information content (AvgIpc) is 2.87. The number of benzene rings is 2. The molecular formula is C14H11BrFNO2. The largest absolute Gasteiger partial charge is 0.454 e. The van der Waals surface area contributed by atoms with E-state index in [-0.39, 0.29) is 12.6 Å². The van der Waals surface area contributed by atoms with E-state index in [2.05, 4.69) is 21.2 Å². The number of halogens is 2. The van der Waals surface area contributed by atoms with Gasteiger partial charge in [-0.15, -0.1) is 0 Å². The van der Waals surface area contributed by atoms with Crippen LogP contribution < -0.4 is 14.8 Å². The summed E-state index contributed by atoms with van der Waals surface area (Å²) < 4.78 is 24.5. The molecule has 1 heterocycles. The maximum atomic E-state index is 13.2. The summed E-state index contributed by atoms with van der Waals surface area (Å²) in [5.74, 6) is 1.24. The van der Waals surface area contributed by atoms with Gasteiger partial charge in [-0.25, -0.2) is 4.39 Å². The van der Waals surface area contributed by atoms with Crippen LogP contribution in [-0.2, 0) is 6.54 Å². The molecule has 0 saturated heterocycles. The predicted molar refractivity (Wildman–Crippen MR) is 74.0 cm³/mol. The minimum Gasteiger partial charge on any atom is -0.454 e. The highest BCUT2D eigenvalue weighted by Gasteiger charge is 2.13. The molecule has 2 aromatic carbocycles. The lowest BCUT2D eigenvalue weighted by molar-refractivity contribution is 0.174. The van der Waals surface area contributed by atoms with Crippen LogP contribution in [0.25, 0.3) is 0 Å². The third kappa shape index (κ3) is 2.66. The quantitative estimate of drug-likeness (QED) is 0.928. The first-order valence-corrected chi connectivity index (χ1v) is 6.59. The molecule has 0 saturated carbocycles. The highest BCUT2D eigenvalue weighted by molar-refractivity contribution is 9.10. The van der Waals surface area contributed by atoms with Gasteiger partial charge in [-0.05, 0) is 51.8 Å². The number of ether oxygens (including phenoxy) is 2. The third-order valence-corrected chi connectivity index (χ3v) is 3.54. The second-order valence-electron chi connectivity index (χ2n) is 4.17. The molecule has 1 aliphatic heterocycles. The Bertz CT molecular complexity index is 618. The maximum Gasteiger partial charge on any atom is 0.231 e. The predicted octanol–water partition coefficient (Wildman–Crippen LogP) is 3.93. The van der Waals surface area contributed by atoms with Crippen molar-refractivity contribution < 1.29 is 13.9 Å². The van der Waals surface area contributed by atoms with Crippen LogP contribution >= 0.6 is 15.9 Å². The van der Waals surface area contributed by atoms with Crippen LogP contribution in [0, 0.1) is 5.82 Å². The Balaban J connectivity index is 1.74. The van der Waals surface area contributed by atoms with E-state index in [1.54, 1.807) is 6.07 Å². The first-order chi connectivity index (χ1) is 9.22. The van der Waals surface area contributed by atoms with Crippen molar-refractivity contribution in [2.75, 3.05) is 12.1 Å². The van der Waals surface area contributed by atoms with Crippen molar-refractivity contribution in [1.29, 1.82) is 0 Å². The lowest BCUT2D eigenvalue weighted by atomic mass is 10.2. The zero-order valence-corrected chi connectivity index (χ0v) is 11.5. The summed E-state index contributed by atoms with van der Waals surface area (Å²) in [6, 6.07) is 10.3. The monoisotopic (exact) mass is 323 g/mol. The SMILES string of the molecule is Fc1ccc(Br)c(NCc2ccc3c(c2)OCO3)c1. The molecule has 1 N–H and O–H groups in total. The van der Waals surface area contributed by atoms with E-state index in [4.69, 9.17) is 9.47 Å². The number of hydrogen-bond acceptors (Lipinski definition) is 3. The Morgan fingerprint density at radius 2 is 1.95 bits per heavy atom. The second-order valence-corrected chi connectivity index (χ2v) is 5.02. The number of hydrogen-bond donors (Lipinski definition) is 1. The van der Waals surface area contributed by atoms with Gasteiger partial charge in [-0.1, -0.05) is 6.07 Å². The fourth-order valence-corrected chi connectivity index (χ4v) is 2.27. The Morgan fingerprint density at radius 1 is 1.11 bits per heavy atom. The molecule has 1 aliphatic rings. The first kappa shape index (κ1) is 12.3. The summed E-state index contributed by atoms with van der Waals surface area (Å²) >= 11 is 3.38. The molecule has 2 aromatic rings. The maximum absolute atomic E-state index is 13.2. The van der Waals surface area contributed by atoms with Crippen molar-refractivity contribution in [1.82, 2.24) is 0 Å². The minimum absolute atomic E-state index is 0.266. The van der Waals surface area contributed by atoms with Gasteiger partial charge in [0.05, 0.1) is 5.69 Å². The molecule has 3 nitrogen and oxygen atoms in total.